The number of hydrogen-bond acceptors (Lipinski definition) is 2. The number of hydrogen-bond donors (Lipinski definition) is 0. The fourth-order valence-corrected chi connectivity index (χ4v) is 1.28. The van der Waals surface area contributed by atoms with Gasteiger partial charge in [0, 0.05) is 6.20 Å². The quantitative estimate of drug-likeness (QED) is 0.725. The monoisotopic (exact) mass is 223 g/mol. The third kappa shape index (κ3) is 2.25. The molecule has 0 spiro atoms. The molecule has 0 aliphatic heterocycles. The van der Waals surface area contributed by atoms with Crippen molar-refractivity contribution >= 4 is 11.6 Å². The van der Waals surface area contributed by atoms with Gasteiger partial charge < -0.3 is 4.74 Å². The van der Waals surface area contributed by atoms with Gasteiger partial charge in [-0.1, -0.05) is 29.8 Å². The smallest absolute Gasteiger partial charge is 0.200 e. The van der Waals surface area contributed by atoms with Gasteiger partial charge in [0.25, 0.3) is 0 Å². The molecule has 15 heavy (non-hydrogen) atoms. The van der Waals surface area contributed by atoms with Crippen LogP contribution in [0.15, 0.2) is 42.6 Å². The first-order valence-corrected chi connectivity index (χ1v) is 4.68. The maximum absolute atomic E-state index is 13.3. The van der Waals surface area contributed by atoms with Crippen molar-refractivity contribution in [3.05, 3.63) is 53.6 Å². The summed E-state index contributed by atoms with van der Waals surface area (Å²) in [4.78, 5) is 3.74. The van der Waals surface area contributed by atoms with Crippen molar-refractivity contribution in [3.63, 3.8) is 0 Å². The maximum Gasteiger partial charge on any atom is 0.200 e. The Morgan fingerprint density at radius 3 is 2.53 bits per heavy atom. The minimum Gasteiger partial charge on any atom is -0.451 e. The lowest BCUT2D eigenvalue weighted by atomic mass is 10.3. The summed E-state index contributed by atoms with van der Waals surface area (Å²) in [6.45, 7) is 0. The highest BCUT2D eigenvalue weighted by Crippen LogP contribution is 2.29. The van der Waals surface area contributed by atoms with Gasteiger partial charge in [-0.25, -0.2) is 9.37 Å². The molecule has 0 amide bonds. The van der Waals surface area contributed by atoms with Gasteiger partial charge in [-0.2, -0.15) is 0 Å². The minimum absolute atomic E-state index is 0.0128. The number of para-hydroxylation sites is 1. The van der Waals surface area contributed by atoms with Crippen LogP contribution in [0.2, 0.25) is 5.15 Å². The first kappa shape index (κ1) is 9.93. The van der Waals surface area contributed by atoms with Crippen LogP contribution < -0.4 is 4.74 Å². The Morgan fingerprint density at radius 2 is 1.87 bits per heavy atom. The lowest BCUT2D eigenvalue weighted by Gasteiger charge is -2.06. The summed E-state index contributed by atoms with van der Waals surface area (Å²) in [7, 11) is 0. The molecule has 0 bridgehead atoms. The second kappa shape index (κ2) is 4.28. The summed E-state index contributed by atoms with van der Waals surface area (Å²) in [5, 5.41) is 0.0128. The van der Waals surface area contributed by atoms with Crippen LogP contribution in [0.25, 0.3) is 0 Å². The third-order valence-electron chi connectivity index (χ3n) is 1.78. The lowest BCUT2D eigenvalue weighted by Crippen LogP contribution is -1.90. The zero-order valence-electron chi connectivity index (χ0n) is 7.65. The normalized spacial score (nSPS) is 10.0. The van der Waals surface area contributed by atoms with E-state index in [1.165, 1.54) is 12.3 Å². The summed E-state index contributed by atoms with van der Waals surface area (Å²) in [5.41, 5.74) is 0. The molecule has 76 valence electrons. The van der Waals surface area contributed by atoms with Crippen molar-refractivity contribution < 1.29 is 9.13 Å². The first-order valence-electron chi connectivity index (χ1n) is 4.30. The van der Waals surface area contributed by atoms with Crippen LogP contribution in [0.4, 0.5) is 4.39 Å². The summed E-state index contributed by atoms with van der Waals surface area (Å²) >= 11 is 5.70. The Hall–Kier alpha value is -1.61. The number of rotatable bonds is 2. The van der Waals surface area contributed by atoms with E-state index in [0.29, 0.717) is 5.75 Å². The summed E-state index contributed by atoms with van der Waals surface area (Å²) in [6, 6.07) is 10.0. The highest BCUT2D eigenvalue weighted by molar-refractivity contribution is 6.30. The second-order valence-electron chi connectivity index (χ2n) is 2.83. The fourth-order valence-electron chi connectivity index (χ4n) is 1.10. The minimum atomic E-state index is -0.529. The van der Waals surface area contributed by atoms with E-state index in [2.05, 4.69) is 4.98 Å². The number of nitrogens with zero attached hydrogens (tertiary/aromatic N) is 1. The van der Waals surface area contributed by atoms with Crippen LogP contribution in [0.3, 0.4) is 0 Å². The number of halogens is 2. The highest BCUT2D eigenvalue weighted by atomic mass is 35.5. The van der Waals surface area contributed by atoms with Gasteiger partial charge in [0.15, 0.2) is 16.7 Å². The van der Waals surface area contributed by atoms with Crippen LogP contribution in [0.1, 0.15) is 0 Å². The Kier molecular flexibility index (Phi) is 2.83. The van der Waals surface area contributed by atoms with E-state index in [0.717, 1.165) is 0 Å². The van der Waals surface area contributed by atoms with Crippen molar-refractivity contribution in [1.82, 2.24) is 4.98 Å². The van der Waals surface area contributed by atoms with E-state index < -0.39 is 5.82 Å². The topological polar surface area (TPSA) is 22.1 Å². The standard InChI is InChI=1S/C11H7ClFNO/c12-11-10(9(13)6-7-14-11)15-8-4-2-1-3-5-8/h1-7H. The Balaban J connectivity index is 2.32. The largest absolute Gasteiger partial charge is 0.451 e. The van der Waals surface area contributed by atoms with Crippen LogP contribution in [-0.4, -0.2) is 4.98 Å². The zero-order valence-corrected chi connectivity index (χ0v) is 8.41. The summed E-state index contributed by atoms with van der Waals surface area (Å²) in [6.07, 6.45) is 1.29. The SMILES string of the molecule is Fc1ccnc(Cl)c1Oc1ccccc1. The van der Waals surface area contributed by atoms with E-state index in [-0.39, 0.29) is 10.9 Å². The van der Waals surface area contributed by atoms with Crippen LogP contribution in [-0.2, 0) is 0 Å². The van der Waals surface area contributed by atoms with Crippen molar-refractivity contribution in [3.8, 4) is 11.5 Å². The molecule has 1 heterocycles. The predicted molar refractivity (Wildman–Crippen MR) is 55.7 cm³/mol. The van der Waals surface area contributed by atoms with Gasteiger partial charge in [0.05, 0.1) is 0 Å². The Morgan fingerprint density at radius 1 is 1.13 bits per heavy atom. The van der Waals surface area contributed by atoms with Crippen LogP contribution in [0, 0.1) is 5.82 Å². The maximum atomic E-state index is 13.3. The molecule has 0 fully saturated rings. The first-order chi connectivity index (χ1) is 7.27. The molecule has 0 radical (unpaired) electrons. The van der Waals surface area contributed by atoms with Gasteiger partial charge >= 0.3 is 0 Å². The summed E-state index contributed by atoms with van der Waals surface area (Å²) < 4.78 is 18.6. The fraction of sp³-hybridized carbons (Fsp3) is 0. The number of pyridine rings is 1. The molecule has 0 saturated heterocycles. The molecule has 0 aliphatic carbocycles. The number of aromatic nitrogens is 1. The zero-order chi connectivity index (χ0) is 10.7. The van der Waals surface area contributed by atoms with Crippen LogP contribution in [0.5, 0.6) is 11.5 Å². The van der Waals surface area contributed by atoms with Crippen molar-refractivity contribution in [2.75, 3.05) is 0 Å². The molecule has 4 heteroatoms. The average Bonchev–Trinajstić information content (AvgIpc) is 2.25. The van der Waals surface area contributed by atoms with E-state index in [1.54, 1.807) is 24.3 Å². The summed E-state index contributed by atoms with van der Waals surface area (Å²) in [5.74, 6) is -0.0597. The van der Waals surface area contributed by atoms with Gasteiger partial charge in [0.1, 0.15) is 5.75 Å². The third-order valence-corrected chi connectivity index (χ3v) is 2.05. The van der Waals surface area contributed by atoms with Crippen LogP contribution >= 0.6 is 11.6 Å². The second-order valence-corrected chi connectivity index (χ2v) is 3.19. The Bertz CT molecular complexity index is 441. The van der Waals surface area contributed by atoms with E-state index in [1.807, 2.05) is 6.07 Å². The van der Waals surface area contributed by atoms with Crippen molar-refractivity contribution in [2.45, 2.75) is 0 Å². The van der Waals surface area contributed by atoms with Gasteiger partial charge in [-0.3, -0.25) is 0 Å². The van der Waals surface area contributed by atoms with E-state index in [4.69, 9.17) is 16.3 Å². The van der Waals surface area contributed by atoms with Gasteiger partial charge in [0.2, 0.25) is 0 Å². The average molecular weight is 224 g/mol. The van der Waals surface area contributed by atoms with E-state index in [9.17, 15) is 4.39 Å². The molecular formula is C11H7ClFNO. The molecule has 0 aliphatic rings. The highest BCUT2D eigenvalue weighted by Gasteiger charge is 2.09. The Labute approximate surface area is 91.3 Å². The van der Waals surface area contributed by atoms with Gasteiger partial charge in [-0.05, 0) is 18.2 Å². The molecule has 2 nitrogen and oxygen atoms in total. The molecule has 1 aromatic carbocycles. The van der Waals surface area contributed by atoms with Crippen molar-refractivity contribution in [2.24, 2.45) is 0 Å². The molecule has 0 saturated carbocycles. The number of ether oxygens (including phenoxy) is 1. The van der Waals surface area contributed by atoms with Crippen molar-refractivity contribution in [1.29, 1.82) is 0 Å². The molecule has 0 N–H and O–H groups in total. The molecule has 2 aromatic rings. The molecule has 1 aromatic heterocycles. The molecular weight excluding hydrogens is 217 g/mol. The lowest BCUT2D eigenvalue weighted by molar-refractivity contribution is 0.440. The predicted octanol–water partition coefficient (Wildman–Crippen LogP) is 3.67. The van der Waals surface area contributed by atoms with E-state index >= 15 is 0 Å². The molecule has 2 rings (SSSR count). The number of benzene rings is 1. The molecule has 0 unspecified atom stereocenters. The molecule has 0 atom stereocenters. The van der Waals surface area contributed by atoms with Gasteiger partial charge in [-0.15, -0.1) is 0 Å².